The van der Waals surface area contributed by atoms with Gasteiger partial charge in [-0.15, -0.1) is 0 Å². The molecule has 1 rings (SSSR count). The van der Waals surface area contributed by atoms with E-state index in [2.05, 4.69) is 31.2 Å². The van der Waals surface area contributed by atoms with Crippen LogP contribution in [0.25, 0.3) is 0 Å². The Kier molecular flexibility index (Phi) is 3.03. The molecule has 3 N–H and O–H groups in total. The summed E-state index contributed by atoms with van der Waals surface area (Å²) in [5.74, 6) is 0.789. The molecule has 4 nitrogen and oxygen atoms in total. The minimum Gasteiger partial charge on any atom is -0.394 e. The van der Waals surface area contributed by atoms with Gasteiger partial charge >= 0.3 is 0 Å². The molecule has 0 aromatic carbocycles. The molecular weight excluding hydrogens is 176 g/mol. The number of anilines is 2. The zero-order valence-electron chi connectivity index (χ0n) is 9.46. The van der Waals surface area contributed by atoms with Gasteiger partial charge in [0, 0.05) is 19.8 Å². The van der Waals surface area contributed by atoms with Gasteiger partial charge in [0.05, 0.1) is 5.69 Å². The quantitative estimate of drug-likeness (QED) is 0.775. The number of hydrogen-bond donors (Lipinski definition) is 2. The minimum absolute atomic E-state index is 0.344. The van der Waals surface area contributed by atoms with E-state index in [1.165, 1.54) is 0 Å². The van der Waals surface area contributed by atoms with Crippen molar-refractivity contribution in [3.05, 3.63) is 6.20 Å². The van der Waals surface area contributed by atoms with Crippen LogP contribution in [0, 0.1) is 5.41 Å². The number of nitrogen functional groups attached to an aromatic ring is 1. The van der Waals surface area contributed by atoms with Crippen LogP contribution >= 0.6 is 0 Å². The summed E-state index contributed by atoms with van der Waals surface area (Å²) < 4.78 is 1.72. The third kappa shape index (κ3) is 3.28. The standard InChI is InChI=1S/C10H20N4/c1-10(2,3)5-6-12-9-8(11)7-14(4)13-9/h7H,5-6,11H2,1-4H3,(H,12,13). The van der Waals surface area contributed by atoms with E-state index in [4.69, 9.17) is 5.73 Å². The highest BCUT2D eigenvalue weighted by Crippen LogP contribution is 2.19. The van der Waals surface area contributed by atoms with Gasteiger partial charge in [-0.25, -0.2) is 0 Å². The van der Waals surface area contributed by atoms with Crippen molar-refractivity contribution < 1.29 is 0 Å². The van der Waals surface area contributed by atoms with Gasteiger partial charge in [0.15, 0.2) is 5.82 Å². The summed E-state index contributed by atoms with van der Waals surface area (Å²) in [6.45, 7) is 7.56. The largest absolute Gasteiger partial charge is 0.394 e. The van der Waals surface area contributed by atoms with E-state index >= 15 is 0 Å². The maximum atomic E-state index is 5.75. The van der Waals surface area contributed by atoms with Crippen molar-refractivity contribution in [3.8, 4) is 0 Å². The molecule has 14 heavy (non-hydrogen) atoms. The first-order valence-electron chi connectivity index (χ1n) is 4.91. The van der Waals surface area contributed by atoms with Crippen LogP contribution in [0.5, 0.6) is 0 Å². The lowest BCUT2D eigenvalue weighted by Gasteiger charge is -2.17. The van der Waals surface area contributed by atoms with Gasteiger partial charge in [-0.2, -0.15) is 5.10 Å². The second-order valence-electron chi connectivity index (χ2n) is 4.84. The van der Waals surface area contributed by atoms with E-state index in [1.54, 1.807) is 10.9 Å². The third-order valence-electron chi connectivity index (χ3n) is 2.02. The SMILES string of the molecule is Cn1cc(N)c(NCCC(C)(C)C)n1. The molecule has 1 heterocycles. The molecule has 1 aromatic rings. The van der Waals surface area contributed by atoms with Crippen molar-refractivity contribution in [2.45, 2.75) is 27.2 Å². The van der Waals surface area contributed by atoms with E-state index in [0.29, 0.717) is 11.1 Å². The highest BCUT2D eigenvalue weighted by molar-refractivity contribution is 5.59. The molecule has 0 unspecified atom stereocenters. The van der Waals surface area contributed by atoms with Gasteiger partial charge in [-0.05, 0) is 11.8 Å². The second-order valence-corrected chi connectivity index (χ2v) is 4.84. The van der Waals surface area contributed by atoms with Gasteiger partial charge in [0.2, 0.25) is 0 Å². The van der Waals surface area contributed by atoms with Crippen molar-refractivity contribution in [2.24, 2.45) is 12.5 Å². The molecule has 0 fully saturated rings. The van der Waals surface area contributed by atoms with Crippen molar-refractivity contribution in [1.82, 2.24) is 9.78 Å². The van der Waals surface area contributed by atoms with Crippen molar-refractivity contribution >= 4 is 11.5 Å². The Morgan fingerprint density at radius 3 is 2.57 bits per heavy atom. The van der Waals surface area contributed by atoms with Gasteiger partial charge in [-0.3, -0.25) is 4.68 Å². The van der Waals surface area contributed by atoms with E-state index in [-0.39, 0.29) is 0 Å². The fourth-order valence-electron chi connectivity index (χ4n) is 1.20. The molecule has 0 saturated carbocycles. The average molecular weight is 196 g/mol. The minimum atomic E-state index is 0.344. The summed E-state index contributed by atoms with van der Waals surface area (Å²) in [7, 11) is 1.87. The van der Waals surface area contributed by atoms with Crippen LogP contribution in [0.1, 0.15) is 27.2 Å². The zero-order valence-corrected chi connectivity index (χ0v) is 9.46. The number of aryl methyl sites for hydroxylation is 1. The number of nitrogens with zero attached hydrogens (tertiary/aromatic N) is 2. The third-order valence-corrected chi connectivity index (χ3v) is 2.02. The first-order valence-corrected chi connectivity index (χ1v) is 4.91. The molecule has 0 aliphatic heterocycles. The van der Waals surface area contributed by atoms with E-state index in [9.17, 15) is 0 Å². The van der Waals surface area contributed by atoms with E-state index in [0.717, 1.165) is 18.8 Å². The van der Waals surface area contributed by atoms with Gasteiger partial charge in [-0.1, -0.05) is 20.8 Å². The van der Waals surface area contributed by atoms with Crippen LogP contribution in [0.15, 0.2) is 6.20 Å². The lowest BCUT2D eigenvalue weighted by Crippen LogP contribution is -2.13. The van der Waals surface area contributed by atoms with E-state index < -0.39 is 0 Å². The smallest absolute Gasteiger partial charge is 0.171 e. The molecule has 4 heteroatoms. The molecule has 0 spiro atoms. The maximum absolute atomic E-state index is 5.75. The van der Waals surface area contributed by atoms with Gasteiger partial charge < -0.3 is 11.1 Å². The molecule has 80 valence electrons. The molecule has 0 aliphatic carbocycles. The first-order chi connectivity index (χ1) is 6.38. The molecule has 0 amide bonds. The molecule has 1 aromatic heterocycles. The first kappa shape index (κ1) is 10.9. The summed E-state index contributed by atoms with van der Waals surface area (Å²) in [5, 5.41) is 7.44. The Balaban J connectivity index is 2.42. The Morgan fingerprint density at radius 1 is 1.50 bits per heavy atom. The molecule has 0 saturated heterocycles. The van der Waals surface area contributed by atoms with Crippen LogP contribution in [0.2, 0.25) is 0 Å². The highest BCUT2D eigenvalue weighted by atomic mass is 15.3. The number of rotatable bonds is 3. The number of aromatic nitrogens is 2. The molecule has 0 radical (unpaired) electrons. The Bertz CT molecular complexity index is 296. The van der Waals surface area contributed by atoms with Crippen molar-refractivity contribution in [3.63, 3.8) is 0 Å². The van der Waals surface area contributed by atoms with Crippen LogP contribution in [0.4, 0.5) is 11.5 Å². The summed E-state index contributed by atoms with van der Waals surface area (Å²) in [6.07, 6.45) is 2.91. The summed E-state index contributed by atoms with van der Waals surface area (Å²) in [5.41, 5.74) is 6.80. The number of hydrogen-bond acceptors (Lipinski definition) is 3. The topological polar surface area (TPSA) is 55.9 Å². The fourth-order valence-corrected chi connectivity index (χ4v) is 1.20. The molecule has 0 atom stereocenters. The summed E-state index contributed by atoms with van der Waals surface area (Å²) in [4.78, 5) is 0. The fraction of sp³-hybridized carbons (Fsp3) is 0.700. The van der Waals surface area contributed by atoms with Crippen molar-refractivity contribution in [2.75, 3.05) is 17.6 Å². The Labute approximate surface area is 85.5 Å². The van der Waals surface area contributed by atoms with Crippen molar-refractivity contribution in [1.29, 1.82) is 0 Å². The second kappa shape index (κ2) is 3.90. The predicted molar refractivity (Wildman–Crippen MR) is 60.2 cm³/mol. The Hall–Kier alpha value is -1.19. The number of nitrogens with two attached hydrogens (primary N) is 1. The Morgan fingerprint density at radius 2 is 2.14 bits per heavy atom. The normalized spacial score (nSPS) is 11.7. The average Bonchev–Trinajstić information content (AvgIpc) is 2.27. The lowest BCUT2D eigenvalue weighted by molar-refractivity contribution is 0.389. The van der Waals surface area contributed by atoms with Gasteiger partial charge in [0.25, 0.3) is 0 Å². The van der Waals surface area contributed by atoms with Crippen LogP contribution in [0.3, 0.4) is 0 Å². The van der Waals surface area contributed by atoms with Gasteiger partial charge in [0.1, 0.15) is 0 Å². The molecule has 0 aliphatic rings. The van der Waals surface area contributed by atoms with Crippen LogP contribution in [-0.4, -0.2) is 16.3 Å². The number of nitrogens with one attached hydrogen (secondary N) is 1. The van der Waals surface area contributed by atoms with Crippen LogP contribution in [-0.2, 0) is 7.05 Å². The predicted octanol–water partition coefficient (Wildman–Crippen LogP) is 1.85. The molecule has 0 bridgehead atoms. The lowest BCUT2D eigenvalue weighted by atomic mass is 9.92. The van der Waals surface area contributed by atoms with E-state index in [1.807, 2.05) is 7.05 Å². The molecular formula is C10H20N4. The highest BCUT2D eigenvalue weighted by Gasteiger charge is 2.10. The monoisotopic (exact) mass is 196 g/mol. The maximum Gasteiger partial charge on any atom is 0.171 e. The zero-order chi connectivity index (χ0) is 10.8. The summed E-state index contributed by atoms with van der Waals surface area (Å²) in [6, 6.07) is 0. The van der Waals surface area contributed by atoms with Crippen LogP contribution < -0.4 is 11.1 Å². The summed E-state index contributed by atoms with van der Waals surface area (Å²) >= 11 is 0.